The molecule has 0 saturated carbocycles. The van der Waals surface area contributed by atoms with Crippen molar-refractivity contribution in [3.8, 4) is 0 Å². The van der Waals surface area contributed by atoms with Gasteiger partial charge in [0, 0.05) is 28.6 Å². The van der Waals surface area contributed by atoms with Gasteiger partial charge in [-0.15, -0.1) is 0 Å². The first kappa shape index (κ1) is 12.9. The summed E-state index contributed by atoms with van der Waals surface area (Å²) in [7, 11) is 0. The maximum absolute atomic E-state index is 12.0. The van der Waals surface area contributed by atoms with Gasteiger partial charge in [0.25, 0.3) is 0 Å². The summed E-state index contributed by atoms with van der Waals surface area (Å²) in [6.07, 6.45) is 1.74. The molecule has 5 heteroatoms. The Balaban J connectivity index is 1.74. The van der Waals surface area contributed by atoms with E-state index in [0.717, 1.165) is 10.9 Å². The fourth-order valence-electron chi connectivity index (χ4n) is 2.06. The van der Waals surface area contributed by atoms with Gasteiger partial charge >= 0.3 is 6.03 Å². The molecule has 4 N–H and O–H groups in total. The molecule has 0 bridgehead atoms. The number of nitrogens with one attached hydrogen (secondary N) is 2. The molecule has 3 rings (SSSR count). The molecule has 0 radical (unpaired) electrons. The molecule has 0 aliphatic rings. The third-order valence-corrected chi connectivity index (χ3v) is 3.01. The number of amides is 2. The number of carbonyl (C=O) groups is 1. The average molecular weight is 278 g/mol. The predicted molar refractivity (Wildman–Crippen MR) is 85.2 cm³/mol. The molecule has 0 atom stereocenters. The molecule has 0 aliphatic heterocycles. The Morgan fingerprint density at radius 3 is 2.57 bits per heavy atom. The van der Waals surface area contributed by atoms with Crippen molar-refractivity contribution in [3.05, 3.63) is 60.8 Å². The van der Waals surface area contributed by atoms with E-state index in [2.05, 4.69) is 15.6 Å². The fourth-order valence-corrected chi connectivity index (χ4v) is 2.06. The summed E-state index contributed by atoms with van der Waals surface area (Å²) < 4.78 is 0. The first-order chi connectivity index (χ1) is 10.2. The number of nitrogens with zero attached hydrogens (tertiary/aromatic N) is 1. The van der Waals surface area contributed by atoms with Gasteiger partial charge in [-0.05, 0) is 42.5 Å². The van der Waals surface area contributed by atoms with E-state index in [1.165, 1.54) is 0 Å². The van der Waals surface area contributed by atoms with Crippen LogP contribution in [-0.2, 0) is 0 Å². The minimum absolute atomic E-state index is 0.316. The molecular formula is C16H14N4O. The molecule has 21 heavy (non-hydrogen) atoms. The van der Waals surface area contributed by atoms with E-state index in [4.69, 9.17) is 5.73 Å². The van der Waals surface area contributed by atoms with Gasteiger partial charge in [-0.25, -0.2) is 4.79 Å². The molecular weight excluding hydrogens is 264 g/mol. The molecule has 3 aromatic rings. The van der Waals surface area contributed by atoms with Crippen LogP contribution < -0.4 is 16.4 Å². The Bertz CT molecular complexity index is 801. The highest BCUT2D eigenvalue weighted by atomic mass is 16.2. The van der Waals surface area contributed by atoms with Crippen molar-refractivity contribution in [3.63, 3.8) is 0 Å². The average Bonchev–Trinajstić information content (AvgIpc) is 2.47. The zero-order valence-electron chi connectivity index (χ0n) is 11.2. The molecule has 2 aromatic carbocycles. The Morgan fingerprint density at radius 2 is 1.76 bits per heavy atom. The number of fused-ring (bicyclic) bond motifs is 1. The molecule has 0 aliphatic carbocycles. The van der Waals surface area contributed by atoms with Gasteiger partial charge in [0.05, 0.1) is 5.52 Å². The van der Waals surface area contributed by atoms with E-state index in [0.29, 0.717) is 17.1 Å². The molecule has 1 heterocycles. The molecule has 5 nitrogen and oxygen atoms in total. The lowest BCUT2D eigenvalue weighted by Gasteiger charge is -2.08. The highest BCUT2D eigenvalue weighted by molar-refractivity contribution is 6.01. The lowest BCUT2D eigenvalue weighted by atomic mass is 10.2. The van der Waals surface area contributed by atoms with Gasteiger partial charge in [-0.2, -0.15) is 0 Å². The van der Waals surface area contributed by atoms with Gasteiger partial charge in [-0.3, -0.25) is 4.98 Å². The van der Waals surface area contributed by atoms with E-state index in [1.54, 1.807) is 30.5 Å². The maximum Gasteiger partial charge on any atom is 0.323 e. The highest BCUT2D eigenvalue weighted by Gasteiger charge is 2.04. The second-order valence-corrected chi connectivity index (χ2v) is 4.62. The van der Waals surface area contributed by atoms with Crippen LogP contribution in [0.3, 0.4) is 0 Å². The number of rotatable bonds is 2. The van der Waals surface area contributed by atoms with E-state index >= 15 is 0 Å². The third kappa shape index (κ3) is 3.09. The van der Waals surface area contributed by atoms with Crippen LogP contribution in [0.5, 0.6) is 0 Å². The normalized spacial score (nSPS) is 10.3. The summed E-state index contributed by atoms with van der Waals surface area (Å²) in [5.74, 6) is 0. The Labute approximate surface area is 121 Å². The minimum Gasteiger partial charge on any atom is -0.399 e. The van der Waals surface area contributed by atoms with Crippen LogP contribution in [0, 0.1) is 0 Å². The summed E-state index contributed by atoms with van der Waals surface area (Å²) in [5, 5.41) is 6.49. The van der Waals surface area contributed by atoms with Crippen molar-refractivity contribution in [1.29, 1.82) is 0 Å². The number of hydrogen-bond donors (Lipinski definition) is 3. The smallest absolute Gasteiger partial charge is 0.323 e. The number of aromatic nitrogens is 1. The topological polar surface area (TPSA) is 80.0 Å². The van der Waals surface area contributed by atoms with Crippen LogP contribution in [0.4, 0.5) is 21.9 Å². The van der Waals surface area contributed by atoms with Crippen LogP contribution in [0.25, 0.3) is 10.9 Å². The zero-order valence-corrected chi connectivity index (χ0v) is 11.2. The monoisotopic (exact) mass is 278 g/mol. The number of hydrogen-bond acceptors (Lipinski definition) is 3. The number of carbonyl (C=O) groups excluding carboxylic acids is 1. The summed E-state index contributed by atoms with van der Waals surface area (Å²) >= 11 is 0. The molecule has 2 amide bonds. The lowest BCUT2D eigenvalue weighted by molar-refractivity contribution is 0.262. The Hall–Kier alpha value is -3.08. The highest BCUT2D eigenvalue weighted by Crippen LogP contribution is 2.17. The maximum atomic E-state index is 12.0. The zero-order chi connectivity index (χ0) is 14.7. The van der Waals surface area contributed by atoms with Gasteiger partial charge in [0.2, 0.25) is 0 Å². The molecule has 1 aromatic heterocycles. The standard InChI is InChI=1S/C16H14N4O/c17-12-4-1-5-13(10-12)19-16(21)20-14-6-7-15-11(9-14)3-2-8-18-15/h1-10H,17H2,(H2,19,20,21). The first-order valence-electron chi connectivity index (χ1n) is 6.49. The van der Waals surface area contributed by atoms with E-state index in [-0.39, 0.29) is 6.03 Å². The number of pyridine rings is 1. The summed E-state index contributed by atoms with van der Waals surface area (Å²) in [5.41, 5.74) is 8.51. The van der Waals surface area contributed by atoms with Crippen molar-refractivity contribution in [2.75, 3.05) is 16.4 Å². The lowest BCUT2D eigenvalue weighted by Crippen LogP contribution is -2.19. The number of anilines is 3. The van der Waals surface area contributed by atoms with Gasteiger partial charge in [0.1, 0.15) is 0 Å². The van der Waals surface area contributed by atoms with E-state index in [9.17, 15) is 4.79 Å². The van der Waals surface area contributed by atoms with E-state index in [1.807, 2.05) is 30.3 Å². The number of nitrogens with two attached hydrogens (primary N) is 1. The first-order valence-corrected chi connectivity index (χ1v) is 6.49. The van der Waals surface area contributed by atoms with Crippen molar-refractivity contribution < 1.29 is 4.79 Å². The number of benzene rings is 2. The molecule has 0 fully saturated rings. The Kier molecular flexibility index (Phi) is 3.39. The van der Waals surface area contributed by atoms with Crippen LogP contribution in [0.15, 0.2) is 60.8 Å². The molecule has 104 valence electrons. The van der Waals surface area contributed by atoms with Crippen molar-refractivity contribution in [2.45, 2.75) is 0 Å². The van der Waals surface area contributed by atoms with Crippen LogP contribution >= 0.6 is 0 Å². The Morgan fingerprint density at radius 1 is 0.952 bits per heavy atom. The largest absolute Gasteiger partial charge is 0.399 e. The second-order valence-electron chi connectivity index (χ2n) is 4.62. The SMILES string of the molecule is Nc1cccc(NC(=O)Nc2ccc3ncccc3c2)c1. The van der Waals surface area contributed by atoms with Gasteiger partial charge < -0.3 is 16.4 Å². The summed E-state index contributed by atoms with van der Waals surface area (Å²) in [6.45, 7) is 0. The number of urea groups is 1. The third-order valence-electron chi connectivity index (χ3n) is 3.01. The minimum atomic E-state index is -0.316. The van der Waals surface area contributed by atoms with Crippen LogP contribution in [0.2, 0.25) is 0 Å². The second kappa shape index (κ2) is 5.50. The molecule has 0 spiro atoms. The fraction of sp³-hybridized carbons (Fsp3) is 0. The number of nitrogen functional groups attached to an aromatic ring is 1. The van der Waals surface area contributed by atoms with Crippen molar-refractivity contribution in [1.82, 2.24) is 4.98 Å². The van der Waals surface area contributed by atoms with Crippen molar-refractivity contribution >= 4 is 34.0 Å². The van der Waals surface area contributed by atoms with Gasteiger partial charge in [0.15, 0.2) is 0 Å². The molecule has 0 saturated heterocycles. The van der Waals surface area contributed by atoms with Crippen LogP contribution in [-0.4, -0.2) is 11.0 Å². The molecule has 0 unspecified atom stereocenters. The quantitative estimate of drug-likeness (QED) is 0.628. The van der Waals surface area contributed by atoms with E-state index < -0.39 is 0 Å². The summed E-state index contributed by atoms with van der Waals surface area (Å²) in [4.78, 5) is 16.2. The van der Waals surface area contributed by atoms with Crippen molar-refractivity contribution in [2.24, 2.45) is 0 Å². The van der Waals surface area contributed by atoms with Gasteiger partial charge in [-0.1, -0.05) is 12.1 Å². The van der Waals surface area contributed by atoms with Crippen LogP contribution in [0.1, 0.15) is 0 Å². The summed E-state index contributed by atoms with van der Waals surface area (Å²) in [6, 6.07) is 16.1. The predicted octanol–water partition coefficient (Wildman–Crippen LogP) is 3.46.